The highest BCUT2D eigenvalue weighted by Gasteiger charge is 2.29. The third-order valence-corrected chi connectivity index (χ3v) is 4.98. The van der Waals surface area contributed by atoms with Gasteiger partial charge in [0.2, 0.25) is 0 Å². The summed E-state index contributed by atoms with van der Waals surface area (Å²) in [6, 6.07) is 0. The van der Waals surface area contributed by atoms with Gasteiger partial charge in [0.1, 0.15) is 12.6 Å². The Bertz CT molecular complexity index is 299. The summed E-state index contributed by atoms with van der Waals surface area (Å²) >= 11 is 0. The Morgan fingerprint density at radius 3 is 1.88 bits per heavy atom. The van der Waals surface area contributed by atoms with E-state index < -0.39 is 5.97 Å². The molecule has 4 nitrogen and oxygen atoms in total. The maximum atomic E-state index is 10.9. The molecule has 4 heteroatoms. The van der Waals surface area contributed by atoms with Crippen LogP contribution in [0.1, 0.15) is 91.4 Å². The summed E-state index contributed by atoms with van der Waals surface area (Å²) in [7, 11) is 0. The summed E-state index contributed by atoms with van der Waals surface area (Å²) in [4.78, 5) is 10.9. The van der Waals surface area contributed by atoms with Crippen molar-refractivity contribution in [2.45, 2.75) is 97.5 Å². The first kappa shape index (κ1) is 23.4. The number of aliphatic carboxylic acids is 1. The minimum absolute atomic E-state index is 0.241. The van der Waals surface area contributed by atoms with Gasteiger partial charge in [-0.2, -0.15) is 0 Å². The molecule has 0 aromatic rings. The minimum Gasteiger partial charge on any atom is -0.481 e. The number of aliphatic hydroxyl groups is 1. The van der Waals surface area contributed by atoms with Crippen molar-refractivity contribution in [3.63, 3.8) is 0 Å². The van der Waals surface area contributed by atoms with Crippen LogP contribution in [0.25, 0.3) is 0 Å². The van der Waals surface area contributed by atoms with Crippen LogP contribution >= 0.6 is 0 Å². The van der Waals surface area contributed by atoms with Gasteiger partial charge < -0.3 is 14.7 Å². The van der Waals surface area contributed by atoms with E-state index in [0.717, 1.165) is 69.2 Å². The zero-order valence-electron chi connectivity index (χ0n) is 16.4. The molecule has 0 aliphatic rings. The molecule has 0 fully saturated rings. The van der Waals surface area contributed by atoms with Gasteiger partial charge in [0.15, 0.2) is 0 Å². The molecular weight excluding hydrogens is 302 g/mol. The number of unbranched alkanes of at least 4 members (excludes halogenated alkanes) is 5. The van der Waals surface area contributed by atoms with E-state index in [0.29, 0.717) is 6.42 Å². The minimum atomic E-state index is -0.709. The molecule has 0 bridgehead atoms. The van der Waals surface area contributed by atoms with Gasteiger partial charge in [-0.25, -0.2) is 0 Å². The van der Waals surface area contributed by atoms with Crippen molar-refractivity contribution in [3.05, 3.63) is 0 Å². The SMILES string of the molecule is CCCCCCC(O)C[N+](CCCC)(CCCC)CCCC(=O)O. The molecule has 0 heterocycles. The van der Waals surface area contributed by atoms with Gasteiger partial charge in [0.25, 0.3) is 0 Å². The smallest absolute Gasteiger partial charge is 0.303 e. The molecule has 0 aliphatic carbocycles. The maximum absolute atomic E-state index is 10.9. The monoisotopic (exact) mass is 344 g/mol. The summed E-state index contributed by atoms with van der Waals surface area (Å²) in [5, 5.41) is 19.5. The lowest BCUT2D eigenvalue weighted by Crippen LogP contribution is -2.54. The van der Waals surface area contributed by atoms with Gasteiger partial charge >= 0.3 is 5.97 Å². The zero-order valence-corrected chi connectivity index (χ0v) is 16.4. The van der Waals surface area contributed by atoms with E-state index in [-0.39, 0.29) is 12.5 Å². The molecule has 0 radical (unpaired) electrons. The maximum Gasteiger partial charge on any atom is 0.303 e. The molecule has 0 aliphatic heterocycles. The molecule has 0 aromatic heterocycles. The van der Waals surface area contributed by atoms with Crippen molar-refractivity contribution >= 4 is 5.97 Å². The molecule has 0 aromatic carbocycles. The molecule has 1 unspecified atom stereocenters. The zero-order chi connectivity index (χ0) is 18.3. The molecule has 0 saturated heterocycles. The number of carbonyl (C=O) groups is 1. The van der Waals surface area contributed by atoms with Crippen molar-refractivity contribution in [2.75, 3.05) is 26.2 Å². The van der Waals surface area contributed by atoms with Gasteiger partial charge in [0.05, 0.1) is 26.1 Å². The largest absolute Gasteiger partial charge is 0.481 e. The highest BCUT2D eigenvalue weighted by atomic mass is 16.4. The van der Waals surface area contributed by atoms with Gasteiger partial charge in [-0.05, 0) is 19.3 Å². The molecule has 144 valence electrons. The molecule has 1 atom stereocenters. The highest BCUT2D eigenvalue weighted by Crippen LogP contribution is 2.18. The Labute approximate surface area is 149 Å². The van der Waals surface area contributed by atoms with E-state index in [9.17, 15) is 9.90 Å². The number of hydrogen-bond acceptors (Lipinski definition) is 2. The second kappa shape index (κ2) is 14.7. The summed E-state index contributed by atoms with van der Waals surface area (Å²) in [6.07, 6.45) is 11.0. The number of carboxylic acids is 1. The molecule has 24 heavy (non-hydrogen) atoms. The number of carboxylic acid groups (broad SMARTS) is 1. The van der Waals surface area contributed by atoms with E-state index in [2.05, 4.69) is 20.8 Å². The molecule has 2 N–H and O–H groups in total. The average Bonchev–Trinajstić information content (AvgIpc) is 2.54. The number of quaternary nitrogens is 1. The summed E-state index contributed by atoms with van der Waals surface area (Å²) in [6.45, 7) is 10.4. The van der Waals surface area contributed by atoms with Crippen LogP contribution in [0.2, 0.25) is 0 Å². The van der Waals surface area contributed by atoms with Crippen molar-refractivity contribution in [1.29, 1.82) is 0 Å². The van der Waals surface area contributed by atoms with Gasteiger partial charge in [-0.15, -0.1) is 0 Å². The fourth-order valence-corrected chi connectivity index (χ4v) is 3.51. The lowest BCUT2D eigenvalue weighted by atomic mass is 10.1. The molecule has 0 rings (SSSR count). The Morgan fingerprint density at radius 2 is 1.38 bits per heavy atom. The van der Waals surface area contributed by atoms with Crippen molar-refractivity contribution in [3.8, 4) is 0 Å². The summed E-state index contributed by atoms with van der Waals surface area (Å²) in [5.74, 6) is -0.709. The number of hydrogen-bond donors (Lipinski definition) is 2. The Hall–Kier alpha value is -0.610. The van der Waals surface area contributed by atoms with Crippen molar-refractivity contribution < 1.29 is 19.5 Å². The molecular formula is C20H42NO3+. The van der Waals surface area contributed by atoms with Crippen LogP contribution in [-0.2, 0) is 4.79 Å². The topological polar surface area (TPSA) is 57.5 Å². The Kier molecular flexibility index (Phi) is 14.3. The van der Waals surface area contributed by atoms with Crippen LogP contribution in [0.5, 0.6) is 0 Å². The van der Waals surface area contributed by atoms with Gasteiger partial charge in [-0.1, -0.05) is 59.3 Å². The fourth-order valence-electron chi connectivity index (χ4n) is 3.51. The van der Waals surface area contributed by atoms with Crippen LogP contribution in [0.4, 0.5) is 0 Å². The normalized spacial score (nSPS) is 13.2. The Balaban J connectivity index is 4.70. The first-order valence-electron chi connectivity index (χ1n) is 10.2. The van der Waals surface area contributed by atoms with Crippen LogP contribution < -0.4 is 0 Å². The average molecular weight is 345 g/mol. The quantitative estimate of drug-likeness (QED) is 0.299. The lowest BCUT2D eigenvalue weighted by Gasteiger charge is -2.40. The van der Waals surface area contributed by atoms with Crippen LogP contribution in [-0.4, -0.2) is 52.9 Å². The predicted molar refractivity (Wildman–Crippen MR) is 101 cm³/mol. The first-order chi connectivity index (χ1) is 11.5. The van der Waals surface area contributed by atoms with E-state index in [1.165, 1.54) is 19.3 Å². The number of aliphatic hydroxyl groups excluding tert-OH is 1. The molecule has 0 amide bonds. The van der Waals surface area contributed by atoms with Crippen LogP contribution in [0, 0.1) is 0 Å². The summed E-state index contributed by atoms with van der Waals surface area (Å²) in [5.41, 5.74) is 0. The van der Waals surface area contributed by atoms with Crippen LogP contribution in [0.3, 0.4) is 0 Å². The van der Waals surface area contributed by atoms with E-state index >= 15 is 0 Å². The summed E-state index contributed by atoms with van der Waals surface area (Å²) < 4.78 is 0.907. The first-order valence-corrected chi connectivity index (χ1v) is 10.2. The second-order valence-corrected chi connectivity index (χ2v) is 7.40. The van der Waals surface area contributed by atoms with Crippen LogP contribution in [0.15, 0.2) is 0 Å². The number of nitrogens with zero attached hydrogens (tertiary/aromatic N) is 1. The van der Waals surface area contributed by atoms with E-state index in [4.69, 9.17) is 5.11 Å². The molecule has 0 spiro atoms. The second-order valence-electron chi connectivity index (χ2n) is 7.40. The van der Waals surface area contributed by atoms with E-state index in [1.807, 2.05) is 0 Å². The van der Waals surface area contributed by atoms with Crippen molar-refractivity contribution in [2.24, 2.45) is 0 Å². The fraction of sp³-hybridized carbons (Fsp3) is 0.950. The standard InChI is InChI=1S/C20H41NO3/c1-4-7-10-11-13-19(22)18-21(15-8-5-2,16-9-6-3)17-12-14-20(23)24/h19,22H,4-18H2,1-3H3/p+1. The third-order valence-electron chi connectivity index (χ3n) is 4.98. The Morgan fingerprint density at radius 1 is 0.833 bits per heavy atom. The van der Waals surface area contributed by atoms with E-state index in [1.54, 1.807) is 0 Å². The van der Waals surface area contributed by atoms with Gasteiger partial charge in [-0.3, -0.25) is 4.79 Å². The lowest BCUT2D eigenvalue weighted by molar-refractivity contribution is -0.931. The van der Waals surface area contributed by atoms with Crippen molar-refractivity contribution in [1.82, 2.24) is 0 Å². The third kappa shape index (κ3) is 11.9. The van der Waals surface area contributed by atoms with Gasteiger partial charge in [0, 0.05) is 6.42 Å². The number of rotatable bonds is 17. The highest BCUT2D eigenvalue weighted by molar-refractivity contribution is 5.66. The molecule has 0 saturated carbocycles. The predicted octanol–water partition coefficient (Wildman–Crippen LogP) is 4.60.